The maximum absolute atomic E-state index is 11.7. The van der Waals surface area contributed by atoms with Crippen LogP contribution in [0.4, 0.5) is 17.3 Å². The fourth-order valence-electron chi connectivity index (χ4n) is 1.63. The van der Waals surface area contributed by atoms with Crippen LogP contribution in [0, 0.1) is 10.1 Å². The number of amides is 1. The van der Waals surface area contributed by atoms with Gasteiger partial charge >= 0.3 is 11.6 Å². The topological polar surface area (TPSA) is 144 Å². The van der Waals surface area contributed by atoms with E-state index in [1.807, 2.05) is 0 Å². The highest BCUT2D eigenvalue weighted by Crippen LogP contribution is 2.28. The Balaban J connectivity index is 2.12. The second kappa shape index (κ2) is 7.70. The number of carbonyl (C=O) groups is 1. The number of hydrogen-bond donors (Lipinski definition) is 3. The fraction of sp³-hybridized carbons (Fsp3) is 0.250. The zero-order chi connectivity index (χ0) is 16.7. The molecule has 0 unspecified atom stereocenters. The molecule has 0 spiro atoms. The Kier molecular flexibility index (Phi) is 5.41. The quantitative estimate of drug-likeness (QED) is 0.365. The molecular formula is C12H14N6O5. The molecule has 3 N–H and O–H groups in total. The highest BCUT2D eigenvalue weighted by atomic mass is 16.6. The minimum absolute atomic E-state index is 0.0109. The molecule has 1 amide bonds. The van der Waals surface area contributed by atoms with Crippen LogP contribution >= 0.6 is 0 Å². The number of carbonyl (C=O) groups excluding carboxylic acids is 1. The predicted octanol–water partition coefficient (Wildman–Crippen LogP) is 0.793. The number of furan rings is 1. The molecule has 0 bridgehead atoms. The summed E-state index contributed by atoms with van der Waals surface area (Å²) >= 11 is 0. The number of anilines is 2. The number of nitrogens with zero attached hydrogens (tertiary/aromatic N) is 3. The highest BCUT2D eigenvalue weighted by Gasteiger charge is 2.23. The third-order valence-electron chi connectivity index (χ3n) is 2.64. The first-order valence-electron chi connectivity index (χ1n) is 6.45. The summed E-state index contributed by atoms with van der Waals surface area (Å²) in [5.74, 6) is -0.703. The molecule has 0 saturated heterocycles. The van der Waals surface area contributed by atoms with Gasteiger partial charge in [-0.1, -0.05) is 0 Å². The van der Waals surface area contributed by atoms with Crippen molar-refractivity contribution < 1.29 is 18.9 Å². The van der Waals surface area contributed by atoms with Crippen molar-refractivity contribution >= 4 is 23.2 Å². The van der Waals surface area contributed by atoms with Crippen LogP contribution in [0.5, 0.6) is 0 Å². The Labute approximate surface area is 130 Å². The van der Waals surface area contributed by atoms with E-state index in [1.165, 1.54) is 19.4 Å². The van der Waals surface area contributed by atoms with E-state index in [9.17, 15) is 14.9 Å². The molecule has 23 heavy (non-hydrogen) atoms. The molecule has 0 saturated carbocycles. The van der Waals surface area contributed by atoms with Gasteiger partial charge in [0, 0.05) is 13.7 Å². The molecule has 11 heteroatoms. The smallest absolute Gasteiger partial charge is 0.354 e. The Morgan fingerprint density at radius 3 is 2.87 bits per heavy atom. The average Bonchev–Trinajstić information content (AvgIpc) is 3.07. The maximum atomic E-state index is 11.7. The van der Waals surface area contributed by atoms with Gasteiger partial charge in [0.1, 0.15) is 6.33 Å². The van der Waals surface area contributed by atoms with E-state index >= 15 is 0 Å². The standard InChI is InChI=1S/C12H14N6O5/c1-22-6-4-13-10-9(18(20)21)11(15-7-14-10)16-17-12(19)8-3-2-5-23-8/h2-3,5,7H,4,6H2,1H3,(H,17,19)(H2,13,14,15,16). The van der Waals surface area contributed by atoms with Crippen LogP contribution in [-0.2, 0) is 4.74 Å². The number of hydrazine groups is 1. The summed E-state index contributed by atoms with van der Waals surface area (Å²) in [5, 5.41) is 14.0. The molecule has 0 atom stereocenters. The number of hydrogen-bond acceptors (Lipinski definition) is 9. The Hall–Kier alpha value is -3.21. The summed E-state index contributed by atoms with van der Waals surface area (Å²) in [6.07, 6.45) is 2.46. The van der Waals surface area contributed by atoms with Crippen LogP contribution in [0.3, 0.4) is 0 Å². The fourth-order valence-corrected chi connectivity index (χ4v) is 1.63. The molecule has 0 aromatic carbocycles. The van der Waals surface area contributed by atoms with Gasteiger partial charge in [-0.15, -0.1) is 0 Å². The normalized spacial score (nSPS) is 10.1. The van der Waals surface area contributed by atoms with E-state index in [2.05, 4.69) is 26.1 Å². The lowest BCUT2D eigenvalue weighted by Crippen LogP contribution is -2.30. The summed E-state index contributed by atoms with van der Waals surface area (Å²) in [7, 11) is 1.51. The number of nitro groups is 1. The number of nitrogens with one attached hydrogen (secondary N) is 3. The van der Waals surface area contributed by atoms with Gasteiger partial charge in [-0.25, -0.2) is 9.97 Å². The van der Waals surface area contributed by atoms with Crippen LogP contribution in [0.25, 0.3) is 0 Å². The third-order valence-corrected chi connectivity index (χ3v) is 2.64. The van der Waals surface area contributed by atoms with Crippen molar-refractivity contribution in [2.24, 2.45) is 0 Å². The SMILES string of the molecule is COCCNc1ncnc(NNC(=O)c2ccco2)c1[N+](=O)[O-]. The molecule has 0 aliphatic heterocycles. The molecule has 2 heterocycles. The second-order valence-electron chi connectivity index (χ2n) is 4.15. The molecule has 0 fully saturated rings. The first-order chi connectivity index (χ1) is 11.1. The van der Waals surface area contributed by atoms with Gasteiger partial charge in [-0.05, 0) is 12.1 Å². The van der Waals surface area contributed by atoms with Crippen molar-refractivity contribution in [3.8, 4) is 0 Å². The first-order valence-corrected chi connectivity index (χ1v) is 6.45. The van der Waals surface area contributed by atoms with Crippen molar-refractivity contribution in [1.29, 1.82) is 0 Å². The summed E-state index contributed by atoms with van der Waals surface area (Å²) in [6.45, 7) is 0.672. The van der Waals surface area contributed by atoms with E-state index in [-0.39, 0.29) is 17.4 Å². The van der Waals surface area contributed by atoms with Gasteiger partial charge < -0.3 is 14.5 Å². The molecule has 122 valence electrons. The van der Waals surface area contributed by atoms with Crippen LogP contribution in [-0.4, -0.2) is 41.1 Å². The van der Waals surface area contributed by atoms with Gasteiger partial charge in [0.15, 0.2) is 5.76 Å². The second-order valence-corrected chi connectivity index (χ2v) is 4.15. The molecule has 0 radical (unpaired) electrons. The lowest BCUT2D eigenvalue weighted by atomic mass is 10.4. The molecule has 0 aliphatic carbocycles. The number of aromatic nitrogens is 2. The monoisotopic (exact) mass is 322 g/mol. The van der Waals surface area contributed by atoms with Gasteiger partial charge in [-0.3, -0.25) is 25.8 Å². The van der Waals surface area contributed by atoms with Crippen LogP contribution < -0.4 is 16.2 Å². The largest absolute Gasteiger partial charge is 0.459 e. The molecule has 2 aromatic heterocycles. The molecule has 0 aliphatic rings. The Morgan fingerprint density at radius 1 is 1.43 bits per heavy atom. The van der Waals surface area contributed by atoms with Crippen molar-refractivity contribution in [2.45, 2.75) is 0 Å². The minimum atomic E-state index is -0.656. The number of methoxy groups -OCH3 is 1. The Morgan fingerprint density at radius 2 is 2.22 bits per heavy atom. The lowest BCUT2D eigenvalue weighted by Gasteiger charge is -2.10. The van der Waals surface area contributed by atoms with E-state index in [1.54, 1.807) is 6.07 Å². The van der Waals surface area contributed by atoms with Crippen molar-refractivity contribution in [3.05, 3.63) is 40.6 Å². The molecule has 2 aromatic rings. The van der Waals surface area contributed by atoms with Crippen molar-refractivity contribution in [3.63, 3.8) is 0 Å². The van der Waals surface area contributed by atoms with E-state index in [4.69, 9.17) is 9.15 Å². The predicted molar refractivity (Wildman–Crippen MR) is 78.8 cm³/mol. The minimum Gasteiger partial charge on any atom is -0.459 e. The number of ether oxygens (including phenoxy) is 1. The Bertz CT molecular complexity index is 675. The molecule has 11 nitrogen and oxygen atoms in total. The van der Waals surface area contributed by atoms with Crippen LogP contribution in [0.1, 0.15) is 10.6 Å². The zero-order valence-corrected chi connectivity index (χ0v) is 12.1. The van der Waals surface area contributed by atoms with Crippen LogP contribution in [0.2, 0.25) is 0 Å². The lowest BCUT2D eigenvalue weighted by molar-refractivity contribution is -0.383. The van der Waals surface area contributed by atoms with Gasteiger partial charge in [0.2, 0.25) is 11.6 Å². The molecular weight excluding hydrogens is 308 g/mol. The highest BCUT2D eigenvalue weighted by molar-refractivity contribution is 5.92. The van der Waals surface area contributed by atoms with Crippen molar-refractivity contribution in [2.75, 3.05) is 31.0 Å². The van der Waals surface area contributed by atoms with E-state index in [0.29, 0.717) is 13.2 Å². The van der Waals surface area contributed by atoms with E-state index in [0.717, 1.165) is 6.33 Å². The third kappa shape index (κ3) is 4.14. The first kappa shape index (κ1) is 16.2. The molecule has 2 rings (SSSR count). The number of rotatable bonds is 8. The summed E-state index contributed by atoms with van der Waals surface area (Å²) in [6, 6.07) is 2.99. The van der Waals surface area contributed by atoms with Crippen LogP contribution in [0.15, 0.2) is 29.1 Å². The average molecular weight is 322 g/mol. The maximum Gasteiger partial charge on any atom is 0.354 e. The van der Waals surface area contributed by atoms with Crippen molar-refractivity contribution in [1.82, 2.24) is 15.4 Å². The van der Waals surface area contributed by atoms with Gasteiger partial charge in [-0.2, -0.15) is 0 Å². The summed E-state index contributed by atoms with van der Waals surface area (Å²) < 4.78 is 9.76. The summed E-state index contributed by atoms with van der Waals surface area (Å²) in [5.41, 5.74) is 4.25. The van der Waals surface area contributed by atoms with Gasteiger partial charge in [0.05, 0.1) is 17.8 Å². The zero-order valence-electron chi connectivity index (χ0n) is 12.1. The summed E-state index contributed by atoms with van der Waals surface area (Å²) in [4.78, 5) is 29.9. The van der Waals surface area contributed by atoms with E-state index < -0.39 is 16.5 Å². The van der Waals surface area contributed by atoms with Gasteiger partial charge in [0.25, 0.3) is 0 Å².